The molecule has 0 radical (unpaired) electrons. The van der Waals surface area contributed by atoms with E-state index < -0.39 is 29.8 Å². The second kappa shape index (κ2) is 5.96. The standard InChI is InChI=1S/C15H13NO5/c17-12-6-9(7-14(19)20)11(8-13(12)18)15(21)16-10-4-2-1-3-5-10/h1-6,8,17-18H,7H2,(H,16,21)(H,19,20). The summed E-state index contributed by atoms with van der Waals surface area (Å²) < 4.78 is 0. The van der Waals surface area contributed by atoms with E-state index in [1.807, 2.05) is 0 Å². The number of hydrogen-bond acceptors (Lipinski definition) is 4. The number of carboxylic acid groups (broad SMARTS) is 1. The van der Waals surface area contributed by atoms with E-state index in [4.69, 9.17) is 5.11 Å². The summed E-state index contributed by atoms with van der Waals surface area (Å²) >= 11 is 0. The van der Waals surface area contributed by atoms with Crippen LogP contribution in [0.5, 0.6) is 11.5 Å². The van der Waals surface area contributed by atoms with Crippen LogP contribution in [-0.2, 0) is 11.2 Å². The number of aliphatic carboxylic acids is 1. The molecular formula is C15H13NO5. The second-order valence-corrected chi connectivity index (χ2v) is 4.39. The molecule has 0 aliphatic rings. The van der Waals surface area contributed by atoms with Crippen LogP contribution < -0.4 is 5.32 Å². The molecule has 0 unspecified atom stereocenters. The van der Waals surface area contributed by atoms with Crippen molar-refractivity contribution in [3.05, 3.63) is 53.6 Å². The van der Waals surface area contributed by atoms with Crippen molar-refractivity contribution in [1.82, 2.24) is 0 Å². The molecule has 2 rings (SSSR count). The Bertz CT molecular complexity index is 682. The Morgan fingerprint density at radius 3 is 2.24 bits per heavy atom. The number of nitrogens with one attached hydrogen (secondary N) is 1. The molecule has 0 atom stereocenters. The van der Waals surface area contributed by atoms with E-state index in [1.54, 1.807) is 30.3 Å². The number of aromatic hydroxyl groups is 2. The van der Waals surface area contributed by atoms with E-state index in [0.717, 1.165) is 12.1 Å². The first-order chi connectivity index (χ1) is 9.97. The van der Waals surface area contributed by atoms with E-state index in [2.05, 4.69) is 5.32 Å². The molecule has 108 valence electrons. The topological polar surface area (TPSA) is 107 Å². The van der Waals surface area contributed by atoms with E-state index in [9.17, 15) is 19.8 Å². The molecule has 4 N–H and O–H groups in total. The first-order valence-corrected chi connectivity index (χ1v) is 6.10. The molecule has 0 aliphatic heterocycles. The number of carboxylic acids is 1. The molecule has 0 aliphatic carbocycles. The van der Waals surface area contributed by atoms with Crippen molar-refractivity contribution in [2.24, 2.45) is 0 Å². The molecule has 1 amide bonds. The highest BCUT2D eigenvalue weighted by Crippen LogP contribution is 2.29. The molecule has 6 heteroatoms. The Labute approximate surface area is 120 Å². The van der Waals surface area contributed by atoms with Crippen molar-refractivity contribution in [1.29, 1.82) is 0 Å². The third-order valence-corrected chi connectivity index (χ3v) is 2.82. The minimum Gasteiger partial charge on any atom is -0.504 e. The van der Waals surface area contributed by atoms with Gasteiger partial charge in [-0.15, -0.1) is 0 Å². The summed E-state index contributed by atoms with van der Waals surface area (Å²) in [5.74, 6) is -2.66. The number of carbonyl (C=O) groups is 2. The van der Waals surface area contributed by atoms with E-state index in [-0.39, 0.29) is 11.1 Å². The number of benzene rings is 2. The van der Waals surface area contributed by atoms with Gasteiger partial charge in [0.2, 0.25) is 0 Å². The summed E-state index contributed by atoms with van der Waals surface area (Å²) in [7, 11) is 0. The number of phenols is 2. The minimum atomic E-state index is -1.14. The Hall–Kier alpha value is -3.02. The Kier molecular flexibility index (Phi) is 4.08. The fourth-order valence-corrected chi connectivity index (χ4v) is 1.86. The minimum absolute atomic E-state index is 0.00319. The molecule has 0 heterocycles. The molecule has 2 aromatic rings. The highest BCUT2D eigenvalue weighted by Gasteiger charge is 2.17. The molecule has 0 saturated heterocycles. The fraction of sp³-hybridized carbons (Fsp3) is 0.0667. The van der Waals surface area contributed by atoms with Crippen LogP contribution in [0.2, 0.25) is 0 Å². The van der Waals surface area contributed by atoms with Crippen molar-refractivity contribution in [3.63, 3.8) is 0 Å². The van der Waals surface area contributed by atoms with Crippen molar-refractivity contribution in [2.45, 2.75) is 6.42 Å². The average Bonchev–Trinajstić information content (AvgIpc) is 2.43. The van der Waals surface area contributed by atoms with Crippen molar-refractivity contribution >= 4 is 17.6 Å². The van der Waals surface area contributed by atoms with Crippen LogP contribution in [0.25, 0.3) is 0 Å². The number of rotatable bonds is 4. The van der Waals surface area contributed by atoms with Gasteiger partial charge in [-0.3, -0.25) is 9.59 Å². The number of anilines is 1. The number of para-hydroxylation sites is 1. The van der Waals surface area contributed by atoms with Crippen LogP contribution in [0, 0.1) is 0 Å². The molecule has 0 aromatic heterocycles. The molecule has 0 spiro atoms. The maximum Gasteiger partial charge on any atom is 0.307 e. The van der Waals surface area contributed by atoms with Gasteiger partial charge >= 0.3 is 5.97 Å². The Morgan fingerprint density at radius 2 is 1.62 bits per heavy atom. The lowest BCUT2D eigenvalue weighted by molar-refractivity contribution is -0.136. The summed E-state index contributed by atoms with van der Waals surface area (Å²) in [6.07, 6.45) is -0.439. The third kappa shape index (κ3) is 3.50. The zero-order valence-electron chi connectivity index (χ0n) is 10.9. The van der Waals surface area contributed by atoms with Gasteiger partial charge < -0.3 is 20.6 Å². The van der Waals surface area contributed by atoms with Crippen LogP contribution in [0.1, 0.15) is 15.9 Å². The van der Waals surface area contributed by atoms with Gasteiger partial charge in [0.05, 0.1) is 6.42 Å². The second-order valence-electron chi connectivity index (χ2n) is 4.39. The molecule has 0 fully saturated rings. The third-order valence-electron chi connectivity index (χ3n) is 2.82. The first-order valence-electron chi connectivity index (χ1n) is 6.10. The van der Waals surface area contributed by atoms with Crippen molar-refractivity contribution < 1.29 is 24.9 Å². The maximum absolute atomic E-state index is 12.2. The quantitative estimate of drug-likeness (QED) is 0.643. The zero-order valence-corrected chi connectivity index (χ0v) is 10.9. The Balaban J connectivity index is 2.35. The SMILES string of the molecule is O=C(O)Cc1cc(O)c(O)cc1C(=O)Nc1ccccc1. The van der Waals surface area contributed by atoms with E-state index in [0.29, 0.717) is 5.69 Å². The number of carbonyl (C=O) groups excluding carboxylic acids is 1. The first kappa shape index (κ1) is 14.4. The van der Waals surface area contributed by atoms with Crippen molar-refractivity contribution in [3.8, 4) is 11.5 Å². The molecular weight excluding hydrogens is 274 g/mol. The van der Waals surface area contributed by atoms with Gasteiger partial charge in [-0.1, -0.05) is 18.2 Å². The predicted molar refractivity (Wildman–Crippen MR) is 75.5 cm³/mol. The van der Waals surface area contributed by atoms with Crippen molar-refractivity contribution in [2.75, 3.05) is 5.32 Å². The molecule has 0 saturated carbocycles. The molecule has 0 bridgehead atoms. The summed E-state index contributed by atoms with van der Waals surface area (Å²) in [4.78, 5) is 23.0. The lowest BCUT2D eigenvalue weighted by atomic mass is 10.0. The van der Waals surface area contributed by atoms with Gasteiger partial charge in [0.1, 0.15) is 0 Å². The molecule has 6 nitrogen and oxygen atoms in total. The van der Waals surface area contributed by atoms with Gasteiger partial charge in [0.25, 0.3) is 5.91 Å². The summed E-state index contributed by atoms with van der Waals surface area (Å²) in [6, 6.07) is 10.7. The zero-order chi connectivity index (χ0) is 15.4. The summed E-state index contributed by atoms with van der Waals surface area (Å²) in [5.41, 5.74) is 0.652. The van der Waals surface area contributed by atoms with E-state index >= 15 is 0 Å². The van der Waals surface area contributed by atoms with Crippen LogP contribution in [0.4, 0.5) is 5.69 Å². The predicted octanol–water partition coefficient (Wildman–Crippen LogP) is 1.98. The lowest BCUT2D eigenvalue weighted by Crippen LogP contribution is -2.15. The molecule has 2 aromatic carbocycles. The van der Waals surface area contributed by atoms with Crippen LogP contribution in [0.3, 0.4) is 0 Å². The van der Waals surface area contributed by atoms with Gasteiger partial charge in [-0.2, -0.15) is 0 Å². The maximum atomic E-state index is 12.2. The number of amides is 1. The van der Waals surface area contributed by atoms with Gasteiger partial charge in [0, 0.05) is 11.3 Å². The monoisotopic (exact) mass is 287 g/mol. The highest BCUT2D eigenvalue weighted by molar-refractivity contribution is 6.06. The van der Waals surface area contributed by atoms with Crippen LogP contribution in [0.15, 0.2) is 42.5 Å². The fourth-order valence-electron chi connectivity index (χ4n) is 1.86. The normalized spacial score (nSPS) is 10.1. The highest BCUT2D eigenvalue weighted by atomic mass is 16.4. The van der Waals surface area contributed by atoms with Crippen LogP contribution >= 0.6 is 0 Å². The average molecular weight is 287 g/mol. The Morgan fingerprint density at radius 1 is 1.00 bits per heavy atom. The van der Waals surface area contributed by atoms with E-state index in [1.165, 1.54) is 0 Å². The molecule has 21 heavy (non-hydrogen) atoms. The summed E-state index contributed by atoms with van der Waals surface area (Å²) in [5, 5.41) is 30.4. The van der Waals surface area contributed by atoms with Gasteiger partial charge in [0.15, 0.2) is 11.5 Å². The number of hydrogen-bond donors (Lipinski definition) is 4. The van der Waals surface area contributed by atoms with Gasteiger partial charge in [-0.25, -0.2) is 0 Å². The lowest BCUT2D eigenvalue weighted by Gasteiger charge is -2.10. The largest absolute Gasteiger partial charge is 0.504 e. The van der Waals surface area contributed by atoms with Gasteiger partial charge in [-0.05, 0) is 29.8 Å². The smallest absolute Gasteiger partial charge is 0.307 e. The van der Waals surface area contributed by atoms with Crippen LogP contribution in [-0.4, -0.2) is 27.2 Å². The number of phenolic OH excluding ortho intramolecular Hbond substituents is 2. The summed E-state index contributed by atoms with van der Waals surface area (Å²) in [6.45, 7) is 0.